The van der Waals surface area contributed by atoms with Crippen molar-refractivity contribution in [2.24, 2.45) is 5.92 Å². The number of hydrogen-bond acceptors (Lipinski definition) is 4. The lowest BCUT2D eigenvalue weighted by Gasteiger charge is -2.29. The molecule has 138 valence electrons. The van der Waals surface area contributed by atoms with Crippen LogP contribution in [0.15, 0.2) is 24.3 Å². The fourth-order valence-corrected chi connectivity index (χ4v) is 2.63. The van der Waals surface area contributed by atoms with Crippen LogP contribution in [0.3, 0.4) is 0 Å². The monoisotopic (exact) mass is 351 g/mol. The van der Waals surface area contributed by atoms with Gasteiger partial charge in [-0.2, -0.15) is 0 Å². The summed E-state index contributed by atoms with van der Waals surface area (Å²) in [5, 5.41) is 17.9. The van der Waals surface area contributed by atoms with Gasteiger partial charge in [0.25, 0.3) is 5.91 Å². The van der Waals surface area contributed by atoms with Crippen LogP contribution in [-0.4, -0.2) is 40.7 Å². The molecule has 2 unspecified atom stereocenters. The van der Waals surface area contributed by atoms with Gasteiger partial charge in [0.2, 0.25) is 0 Å². The van der Waals surface area contributed by atoms with Gasteiger partial charge in [0.15, 0.2) is 6.61 Å². The minimum absolute atomic E-state index is 0.0137. The smallest absolute Gasteiger partial charge is 0.414 e. The van der Waals surface area contributed by atoms with E-state index in [0.29, 0.717) is 12.0 Å². The topological polar surface area (TPSA) is 113 Å². The Hall–Kier alpha value is -2.57. The lowest BCUT2D eigenvalue weighted by Crippen LogP contribution is -2.43. The Bertz CT molecular complexity index is 589. The zero-order valence-electron chi connectivity index (χ0n) is 14.5. The number of rotatable bonds is 4. The van der Waals surface area contributed by atoms with E-state index in [9.17, 15) is 4.79 Å². The first-order chi connectivity index (χ1) is 11.8. The maximum Gasteiger partial charge on any atom is 0.414 e. The van der Waals surface area contributed by atoms with Crippen molar-refractivity contribution < 1.29 is 29.3 Å². The van der Waals surface area contributed by atoms with Gasteiger partial charge in [-0.15, -0.1) is 0 Å². The first-order valence-corrected chi connectivity index (χ1v) is 8.24. The maximum atomic E-state index is 11.9. The van der Waals surface area contributed by atoms with Crippen LogP contribution in [0.5, 0.6) is 5.75 Å². The van der Waals surface area contributed by atoms with Gasteiger partial charge in [0, 0.05) is 6.04 Å². The molecule has 2 atom stereocenters. The van der Waals surface area contributed by atoms with Crippen molar-refractivity contribution in [1.29, 1.82) is 0 Å². The van der Waals surface area contributed by atoms with E-state index in [-0.39, 0.29) is 12.5 Å². The second-order valence-electron chi connectivity index (χ2n) is 6.15. The minimum atomic E-state index is -1.82. The number of amides is 1. The van der Waals surface area contributed by atoms with Crippen molar-refractivity contribution in [3.05, 3.63) is 29.8 Å². The fourth-order valence-electron chi connectivity index (χ4n) is 2.63. The van der Waals surface area contributed by atoms with Crippen LogP contribution in [0.25, 0.3) is 0 Å². The summed E-state index contributed by atoms with van der Waals surface area (Å²) in [6, 6.07) is 8.09. The predicted octanol–water partition coefficient (Wildman–Crippen LogP) is 2.22. The summed E-state index contributed by atoms with van der Waals surface area (Å²) >= 11 is 0. The highest BCUT2D eigenvalue weighted by Gasteiger charge is 2.22. The van der Waals surface area contributed by atoms with Crippen molar-refractivity contribution >= 4 is 17.8 Å². The van der Waals surface area contributed by atoms with Gasteiger partial charge in [-0.05, 0) is 43.4 Å². The Morgan fingerprint density at radius 2 is 1.80 bits per heavy atom. The van der Waals surface area contributed by atoms with Crippen molar-refractivity contribution in [2.45, 2.75) is 45.6 Å². The highest BCUT2D eigenvalue weighted by Crippen LogP contribution is 2.23. The number of carboxylic acids is 2. The largest absolute Gasteiger partial charge is 0.484 e. The molecule has 0 heterocycles. The van der Waals surface area contributed by atoms with Crippen molar-refractivity contribution in [1.82, 2.24) is 5.32 Å². The third-order valence-corrected chi connectivity index (χ3v) is 4.00. The van der Waals surface area contributed by atoms with Gasteiger partial charge >= 0.3 is 11.9 Å². The van der Waals surface area contributed by atoms with Crippen LogP contribution in [0.2, 0.25) is 0 Å². The molecule has 0 bridgehead atoms. The van der Waals surface area contributed by atoms with Crippen molar-refractivity contribution in [3.8, 4) is 5.75 Å². The Morgan fingerprint density at radius 3 is 2.36 bits per heavy atom. The highest BCUT2D eigenvalue weighted by atomic mass is 16.5. The molecular weight excluding hydrogens is 326 g/mol. The van der Waals surface area contributed by atoms with Crippen LogP contribution in [0, 0.1) is 12.8 Å². The lowest BCUT2D eigenvalue weighted by molar-refractivity contribution is -0.159. The molecule has 7 nitrogen and oxygen atoms in total. The second kappa shape index (κ2) is 10.3. The standard InChI is InChI=1S/C16H23NO2.C2H2O4/c1-12-6-5-8-14(10-12)19-11-16(18)17-15-9-4-3-7-13(15)2;3-1(4)2(5)6/h5-6,8,10,13,15H,3-4,7,9,11H2,1-2H3,(H,17,18);(H,3,4)(H,5,6). The number of benzene rings is 1. The zero-order valence-corrected chi connectivity index (χ0v) is 14.5. The number of hydrogen-bond donors (Lipinski definition) is 3. The Kier molecular flexibility index (Phi) is 8.46. The first kappa shape index (κ1) is 20.5. The maximum absolute atomic E-state index is 11.9. The molecule has 0 saturated heterocycles. The summed E-state index contributed by atoms with van der Waals surface area (Å²) in [4.78, 5) is 30.1. The minimum Gasteiger partial charge on any atom is -0.484 e. The fraction of sp³-hybridized carbons (Fsp3) is 0.500. The van der Waals surface area contributed by atoms with Gasteiger partial charge in [-0.3, -0.25) is 4.79 Å². The summed E-state index contributed by atoms with van der Waals surface area (Å²) in [5.41, 5.74) is 1.14. The van der Waals surface area contributed by atoms with E-state index in [2.05, 4.69) is 12.2 Å². The van der Waals surface area contributed by atoms with E-state index in [4.69, 9.17) is 24.5 Å². The molecule has 3 N–H and O–H groups in total. The Labute approximate surface area is 147 Å². The number of carbonyl (C=O) groups is 3. The Balaban J connectivity index is 0.000000450. The third-order valence-electron chi connectivity index (χ3n) is 4.00. The molecule has 1 aliphatic rings. The van der Waals surface area contributed by atoms with E-state index in [1.54, 1.807) is 0 Å². The number of aryl methyl sites for hydroxylation is 1. The number of nitrogens with one attached hydrogen (secondary N) is 1. The first-order valence-electron chi connectivity index (χ1n) is 8.24. The van der Waals surface area contributed by atoms with E-state index in [1.807, 2.05) is 31.2 Å². The molecule has 1 saturated carbocycles. The SMILES string of the molecule is Cc1cccc(OCC(=O)NC2CCCCC2C)c1.O=C(O)C(=O)O. The van der Waals surface area contributed by atoms with Crippen molar-refractivity contribution in [3.63, 3.8) is 0 Å². The molecule has 0 aromatic heterocycles. The molecule has 1 aromatic rings. The predicted molar refractivity (Wildman–Crippen MR) is 91.5 cm³/mol. The lowest BCUT2D eigenvalue weighted by atomic mass is 9.86. The number of ether oxygens (including phenoxy) is 1. The number of aliphatic carboxylic acids is 2. The molecule has 0 spiro atoms. The molecule has 7 heteroatoms. The second-order valence-corrected chi connectivity index (χ2v) is 6.15. The average Bonchev–Trinajstić information content (AvgIpc) is 2.56. The quantitative estimate of drug-likeness (QED) is 0.717. The molecule has 25 heavy (non-hydrogen) atoms. The zero-order chi connectivity index (χ0) is 18.8. The van der Waals surface area contributed by atoms with Crippen molar-refractivity contribution in [2.75, 3.05) is 6.61 Å². The van der Waals surface area contributed by atoms with Gasteiger partial charge in [-0.25, -0.2) is 9.59 Å². The van der Waals surface area contributed by atoms with E-state index < -0.39 is 11.9 Å². The van der Waals surface area contributed by atoms with Gasteiger partial charge < -0.3 is 20.3 Å². The molecule has 1 amide bonds. The molecule has 2 rings (SSSR count). The molecule has 1 aromatic carbocycles. The van der Waals surface area contributed by atoms with E-state index >= 15 is 0 Å². The molecule has 1 fully saturated rings. The normalized spacial score (nSPS) is 19.1. The van der Waals surface area contributed by atoms with Crippen LogP contribution < -0.4 is 10.1 Å². The van der Waals surface area contributed by atoms with Crippen LogP contribution in [0.1, 0.15) is 38.2 Å². The third kappa shape index (κ3) is 8.19. The summed E-state index contributed by atoms with van der Waals surface area (Å²) in [6.07, 6.45) is 4.81. The highest BCUT2D eigenvalue weighted by molar-refractivity contribution is 6.27. The molecule has 0 radical (unpaired) electrons. The van der Waals surface area contributed by atoms with Crippen LogP contribution in [-0.2, 0) is 14.4 Å². The number of carbonyl (C=O) groups excluding carboxylic acids is 1. The van der Waals surface area contributed by atoms with Gasteiger partial charge in [0.05, 0.1) is 0 Å². The van der Waals surface area contributed by atoms with Crippen LogP contribution in [0.4, 0.5) is 0 Å². The van der Waals surface area contributed by atoms with E-state index in [1.165, 1.54) is 19.3 Å². The summed E-state index contributed by atoms with van der Waals surface area (Å²) < 4.78 is 5.51. The molecular formula is C18H25NO6. The summed E-state index contributed by atoms with van der Waals surface area (Å²) in [5.74, 6) is -2.33. The van der Waals surface area contributed by atoms with Gasteiger partial charge in [0.1, 0.15) is 5.75 Å². The number of carboxylic acid groups (broad SMARTS) is 2. The molecule has 1 aliphatic carbocycles. The van der Waals surface area contributed by atoms with E-state index in [0.717, 1.165) is 17.7 Å². The summed E-state index contributed by atoms with van der Waals surface area (Å²) in [7, 11) is 0. The molecule has 0 aliphatic heterocycles. The van der Waals surface area contributed by atoms with Gasteiger partial charge in [-0.1, -0.05) is 31.9 Å². The average molecular weight is 351 g/mol. The Morgan fingerprint density at radius 1 is 1.16 bits per heavy atom. The van der Waals surface area contributed by atoms with Crippen LogP contribution >= 0.6 is 0 Å². The summed E-state index contributed by atoms with van der Waals surface area (Å²) in [6.45, 7) is 4.33.